The molecular weight excluding hydrogens is 408 g/mol. The normalized spacial score (nSPS) is 15.6. The van der Waals surface area contributed by atoms with Gasteiger partial charge in [0.2, 0.25) is 15.9 Å². The first-order valence-corrected chi connectivity index (χ1v) is 11.2. The minimum Gasteiger partial charge on any atom is -0.326 e. The highest BCUT2D eigenvalue weighted by Crippen LogP contribution is 2.17. The molecule has 0 atom stereocenters. The van der Waals surface area contributed by atoms with Gasteiger partial charge in [0.1, 0.15) is 0 Å². The summed E-state index contributed by atoms with van der Waals surface area (Å²) in [4.78, 5) is 24.7. The van der Waals surface area contributed by atoms with E-state index in [4.69, 9.17) is 0 Å². The Hall–Kier alpha value is -2.82. The number of anilines is 1. The number of carbonyl (C=O) groups is 1. The Bertz CT molecular complexity index is 972. The van der Waals surface area contributed by atoms with Crippen LogP contribution in [-0.4, -0.2) is 49.8 Å². The maximum atomic E-state index is 12.4. The number of nitrogens with one attached hydrogen (secondary N) is 2. The first kappa shape index (κ1) is 21.9. The molecule has 30 heavy (non-hydrogen) atoms. The third-order valence-corrected chi connectivity index (χ3v) is 6.52. The molecule has 0 unspecified atom stereocenters. The number of carbonyl (C=O) groups excluding carboxylic acids is 1. The highest BCUT2D eigenvalue weighted by molar-refractivity contribution is 7.89. The standard InChI is InChI=1S/C20H24N4O5S/c25-20(21-16-6-8-18(9-7-16)24(26)27)12-15-23-13-10-17(11-14-23)22-30(28,29)19-4-2-1-3-5-19/h1-9,17,22H,10-15H2,(H,21,25). The average molecular weight is 433 g/mol. The number of hydrogen-bond acceptors (Lipinski definition) is 6. The van der Waals surface area contributed by atoms with Crippen molar-refractivity contribution in [3.8, 4) is 0 Å². The largest absolute Gasteiger partial charge is 0.326 e. The van der Waals surface area contributed by atoms with Crippen molar-refractivity contribution in [1.82, 2.24) is 9.62 Å². The number of non-ortho nitro benzene ring substituents is 1. The van der Waals surface area contributed by atoms with Gasteiger partial charge in [-0.15, -0.1) is 0 Å². The molecule has 1 amide bonds. The molecule has 1 saturated heterocycles. The van der Waals surface area contributed by atoms with Crippen LogP contribution in [0.2, 0.25) is 0 Å². The summed E-state index contributed by atoms with van der Waals surface area (Å²) < 4.78 is 27.6. The molecule has 3 rings (SSSR count). The van der Waals surface area contributed by atoms with E-state index in [0.29, 0.717) is 38.2 Å². The molecule has 2 N–H and O–H groups in total. The number of sulfonamides is 1. The van der Waals surface area contributed by atoms with Crippen molar-refractivity contribution in [3.05, 3.63) is 64.7 Å². The summed E-state index contributed by atoms with van der Waals surface area (Å²) in [5.74, 6) is -0.171. The number of nitro benzene ring substituents is 1. The summed E-state index contributed by atoms with van der Waals surface area (Å²) in [7, 11) is -3.52. The second kappa shape index (κ2) is 9.79. The summed E-state index contributed by atoms with van der Waals surface area (Å²) in [6.07, 6.45) is 1.64. The number of amides is 1. The fraction of sp³-hybridized carbons (Fsp3) is 0.350. The molecule has 2 aromatic carbocycles. The predicted molar refractivity (Wildman–Crippen MR) is 113 cm³/mol. The molecule has 0 spiro atoms. The zero-order valence-electron chi connectivity index (χ0n) is 16.4. The zero-order chi connectivity index (χ0) is 21.6. The molecular formula is C20H24N4O5S. The molecule has 0 saturated carbocycles. The average Bonchev–Trinajstić information content (AvgIpc) is 2.74. The summed E-state index contributed by atoms with van der Waals surface area (Å²) in [6.45, 7) is 1.97. The van der Waals surface area contributed by atoms with Crippen molar-refractivity contribution >= 4 is 27.3 Å². The number of nitro groups is 1. The van der Waals surface area contributed by atoms with Crippen LogP contribution >= 0.6 is 0 Å². The van der Waals surface area contributed by atoms with E-state index < -0.39 is 14.9 Å². The molecule has 0 aromatic heterocycles. The Labute approximate surface area is 175 Å². The van der Waals surface area contributed by atoms with Gasteiger partial charge in [-0.2, -0.15) is 0 Å². The Balaban J connectivity index is 1.40. The smallest absolute Gasteiger partial charge is 0.269 e. The summed E-state index contributed by atoms with van der Waals surface area (Å²) in [5.41, 5.74) is 0.485. The minimum absolute atomic E-state index is 0.0289. The fourth-order valence-electron chi connectivity index (χ4n) is 3.31. The lowest BCUT2D eigenvalue weighted by molar-refractivity contribution is -0.384. The van der Waals surface area contributed by atoms with Gasteiger partial charge in [-0.05, 0) is 50.2 Å². The highest BCUT2D eigenvalue weighted by atomic mass is 32.2. The van der Waals surface area contributed by atoms with E-state index in [2.05, 4.69) is 14.9 Å². The molecule has 160 valence electrons. The Morgan fingerprint density at radius 3 is 2.30 bits per heavy atom. The van der Waals surface area contributed by atoms with Crippen molar-refractivity contribution in [2.24, 2.45) is 0 Å². The number of nitrogens with zero attached hydrogens (tertiary/aromatic N) is 2. The van der Waals surface area contributed by atoms with E-state index in [1.165, 1.54) is 24.3 Å². The van der Waals surface area contributed by atoms with Gasteiger partial charge < -0.3 is 10.2 Å². The number of benzene rings is 2. The second-order valence-electron chi connectivity index (χ2n) is 7.15. The summed E-state index contributed by atoms with van der Waals surface area (Å²) in [6, 6.07) is 13.9. The summed E-state index contributed by atoms with van der Waals surface area (Å²) in [5, 5.41) is 13.4. The van der Waals surface area contributed by atoms with Gasteiger partial charge in [-0.25, -0.2) is 13.1 Å². The van der Waals surface area contributed by atoms with Crippen LogP contribution in [0, 0.1) is 10.1 Å². The van der Waals surface area contributed by atoms with Crippen molar-refractivity contribution in [3.63, 3.8) is 0 Å². The lowest BCUT2D eigenvalue weighted by Crippen LogP contribution is -2.45. The predicted octanol–water partition coefficient (Wildman–Crippen LogP) is 2.37. The SMILES string of the molecule is O=C(CCN1CCC(NS(=O)(=O)c2ccccc2)CC1)Nc1ccc([N+](=O)[O-])cc1. The molecule has 1 aliphatic rings. The van der Waals surface area contributed by atoms with Crippen molar-refractivity contribution in [2.45, 2.75) is 30.2 Å². The number of rotatable bonds is 8. The van der Waals surface area contributed by atoms with Crippen LogP contribution in [0.25, 0.3) is 0 Å². The van der Waals surface area contributed by atoms with Crippen molar-refractivity contribution in [2.75, 3.05) is 25.0 Å². The first-order valence-electron chi connectivity index (χ1n) is 9.67. The monoisotopic (exact) mass is 432 g/mol. The third kappa shape index (κ3) is 6.09. The lowest BCUT2D eigenvalue weighted by atomic mass is 10.1. The van der Waals surface area contributed by atoms with Crippen molar-refractivity contribution in [1.29, 1.82) is 0 Å². The quantitative estimate of drug-likeness (QED) is 0.488. The van der Waals surface area contributed by atoms with Crippen LogP contribution in [0.15, 0.2) is 59.5 Å². The molecule has 0 bridgehead atoms. The summed E-state index contributed by atoms with van der Waals surface area (Å²) >= 11 is 0. The zero-order valence-corrected chi connectivity index (χ0v) is 17.2. The van der Waals surface area contributed by atoms with Crippen LogP contribution in [-0.2, 0) is 14.8 Å². The van der Waals surface area contributed by atoms with Gasteiger partial charge in [0.15, 0.2) is 0 Å². The maximum Gasteiger partial charge on any atom is 0.269 e. The Morgan fingerprint density at radius 2 is 1.70 bits per heavy atom. The van der Waals surface area contributed by atoms with Crippen LogP contribution in [0.4, 0.5) is 11.4 Å². The molecule has 1 aliphatic heterocycles. The van der Waals surface area contributed by atoms with Crippen LogP contribution in [0.3, 0.4) is 0 Å². The number of likely N-dealkylation sites (tertiary alicyclic amines) is 1. The van der Waals surface area contributed by atoms with E-state index in [9.17, 15) is 23.3 Å². The molecule has 1 heterocycles. The molecule has 0 aliphatic carbocycles. The Morgan fingerprint density at radius 1 is 1.07 bits per heavy atom. The molecule has 0 radical (unpaired) electrons. The molecule has 9 nitrogen and oxygen atoms in total. The maximum absolute atomic E-state index is 12.4. The number of hydrogen-bond donors (Lipinski definition) is 2. The molecule has 1 fully saturated rings. The topological polar surface area (TPSA) is 122 Å². The second-order valence-corrected chi connectivity index (χ2v) is 8.87. The van der Waals surface area contributed by atoms with Gasteiger partial charge >= 0.3 is 0 Å². The van der Waals surface area contributed by atoms with Crippen LogP contribution in [0.1, 0.15) is 19.3 Å². The van der Waals surface area contributed by atoms with E-state index in [-0.39, 0.29) is 29.0 Å². The van der Waals surface area contributed by atoms with Gasteiger partial charge in [0.05, 0.1) is 9.82 Å². The highest BCUT2D eigenvalue weighted by Gasteiger charge is 2.24. The van der Waals surface area contributed by atoms with Gasteiger partial charge in [0.25, 0.3) is 5.69 Å². The van der Waals surface area contributed by atoms with E-state index >= 15 is 0 Å². The van der Waals surface area contributed by atoms with Crippen LogP contribution < -0.4 is 10.0 Å². The van der Waals surface area contributed by atoms with Gasteiger partial charge in [0, 0.05) is 36.8 Å². The van der Waals surface area contributed by atoms with Crippen molar-refractivity contribution < 1.29 is 18.1 Å². The third-order valence-electron chi connectivity index (χ3n) is 4.98. The van der Waals surface area contributed by atoms with E-state index in [1.54, 1.807) is 30.3 Å². The van der Waals surface area contributed by atoms with Crippen LogP contribution in [0.5, 0.6) is 0 Å². The molecule has 2 aromatic rings. The fourth-order valence-corrected chi connectivity index (χ4v) is 4.64. The van der Waals surface area contributed by atoms with Gasteiger partial charge in [-0.3, -0.25) is 14.9 Å². The van der Waals surface area contributed by atoms with E-state index in [0.717, 1.165) is 0 Å². The lowest BCUT2D eigenvalue weighted by Gasteiger charge is -2.32. The first-order chi connectivity index (χ1) is 14.3. The molecule has 10 heteroatoms. The number of piperidine rings is 1. The van der Waals surface area contributed by atoms with E-state index in [1.807, 2.05) is 0 Å². The Kier molecular flexibility index (Phi) is 7.14. The minimum atomic E-state index is -3.52. The van der Waals surface area contributed by atoms with Gasteiger partial charge in [-0.1, -0.05) is 18.2 Å².